The summed E-state index contributed by atoms with van der Waals surface area (Å²) < 4.78 is 0. The molecule has 6 heteroatoms. The third-order valence-corrected chi connectivity index (χ3v) is 5.39. The zero-order chi connectivity index (χ0) is 19.1. The molecule has 0 unspecified atom stereocenters. The number of nitrogens with zero attached hydrogens (tertiary/aromatic N) is 1. The Hall–Kier alpha value is -2.43. The standard InChI is InChI=1S/C21H16Cl2N2O2/c1-11(26)12-5-7-16(23)19(9-12)25-21(27)20-14-3-2-4-17(14)24-18-8-6-13(22)10-15(18)20/h5-10H,2-4H2,1H3,(H,25,27). The lowest BCUT2D eigenvalue weighted by molar-refractivity contribution is 0.101. The van der Waals surface area contributed by atoms with Gasteiger partial charge in [0.15, 0.2) is 5.78 Å². The number of benzene rings is 2. The SMILES string of the molecule is CC(=O)c1ccc(Cl)c(NC(=O)c2c3c(nc4ccc(Cl)cc24)CCC3)c1. The lowest BCUT2D eigenvalue weighted by Gasteiger charge is -2.14. The first-order chi connectivity index (χ1) is 12.9. The third-order valence-electron chi connectivity index (χ3n) is 4.82. The molecular weight excluding hydrogens is 383 g/mol. The summed E-state index contributed by atoms with van der Waals surface area (Å²) >= 11 is 12.4. The van der Waals surface area contributed by atoms with Crippen molar-refractivity contribution in [1.82, 2.24) is 4.98 Å². The second-order valence-electron chi connectivity index (χ2n) is 6.63. The molecule has 0 atom stereocenters. The smallest absolute Gasteiger partial charge is 0.256 e. The summed E-state index contributed by atoms with van der Waals surface area (Å²) in [6.45, 7) is 1.47. The van der Waals surface area contributed by atoms with Crippen molar-refractivity contribution in [2.24, 2.45) is 0 Å². The van der Waals surface area contributed by atoms with Crippen LogP contribution in [0.2, 0.25) is 10.0 Å². The van der Waals surface area contributed by atoms with E-state index in [0.717, 1.165) is 41.4 Å². The Bertz CT molecular complexity index is 1110. The number of Topliss-reactive ketones (excluding diaryl/α,β-unsaturated/α-hetero) is 1. The van der Waals surface area contributed by atoms with Crippen LogP contribution >= 0.6 is 23.2 Å². The highest BCUT2D eigenvalue weighted by molar-refractivity contribution is 6.34. The molecule has 27 heavy (non-hydrogen) atoms. The van der Waals surface area contributed by atoms with E-state index in [4.69, 9.17) is 28.2 Å². The number of anilines is 1. The summed E-state index contributed by atoms with van der Waals surface area (Å²) in [6, 6.07) is 10.2. The molecule has 0 bridgehead atoms. The minimum absolute atomic E-state index is 0.0933. The Labute approximate surface area is 166 Å². The quantitative estimate of drug-likeness (QED) is 0.593. The van der Waals surface area contributed by atoms with Crippen LogP contribution in [0.4, 0.5) is 5.69 Å². The molecule has 4 nitrogen and oxygen atoms in total. The molecule has 136 valence electrons. The number of aryl methyl sites for hydroxylation is 1. The monoisotopic (exact) mass is 398 g/mol. The minimum Gasteiger partial charge on any atom is -0.321 e. The fourth-order valence-corrected chi connectivity index (χ4v) is 3.86. The number of carbonyl (C=O) groups excluding carboxylic acids is 2. The number of pyridine rings is 1. The van der Waals surface area contributed by atoms with Crippen molar-refractivity contribution in [2.75, 3.05) is 5.32 Å². The predicted octanol–water partition coefficient (Wildman–Crippen LogP) is 5.49. The van der Waals surface area contributed by atoms with Crippen LogP contribution in [0.1, 0.15) is 45.3 Å². The van der Waals surface area contributed by atoms with E-state index in [-0.39, 0.29) is 11.7 Å². The highest BCUT2D eigenvalue weighted by atomic mass is 35.5. The molecule has 1 N–H and O–H groups in total. The van der Waals surface area contributed by atoms with Crippen molar-refractivity contribution < 1.29 is 9.59 Å². The van der Waals surface area contributed by atoms with Gasteiger partial charge in [0, 0.05) is 21.7 Å². The van der Waals surface area contributed by atoms with Crippen LogP contribution < -0.4 is 5.32 Å². The molecular formula is C21H16Cl2N2O2. The molecule has 1 aliphatic carbocycles. The lowest BCUT2D eigenvalue weighted by atomic mass is 10.0. The highest BCUT2D eigenvalue weighted by Crippen LogP contribution is 2.33. The van der Waals surface area contributed by atoms with Crippen LogP contribution in [0.15, 0.2) is 36.4 Å². The summed E-state index contributed by atoms with van der Waals surface area (Å²) in [5.74, 6) is -0.366. The van der Waals surface area contributed by atoms with Crippen molar-refractivity contribution >= 4 is 51.5 Å². The number of ketones is 1. The number of fused-ring (bicyclic) bond motifs is 2. The van der Waals surface area contributed by atoms with E-state index < -0.39 is 0 Å². The Morgan fingerprint density at radius 2 is 1.89 bits per heavy atom. The molecule has 0 saturated carbocycles. The van der Waals surface area contributed by atoms with E-state index in [1.54, 1.807) is 30.3 Å². The summed E-state index contributed by atoms with van der Waals surface area (Å²) in [4.78, 5) is 29.6. The van der Waals surface area contributed by atoms with Gasteiger partial charge in [0.25, 0.3) is 5.91 Å². The zero-order valence-corrected chi connectivity index (χ0v) is 16.1. The van der Waals surface area contributed by atoms with E-state index in [0.29, 0.717) is 26.9 Å². The molecule has 4 rings (SSSR count). The first kappa shape index (κ1) is 18.0. The summed E-state index contributed by atoms with van der Waals surface area (Å²) in [6.07, 6.45) is 2.62. The Kier molecular flexibility index (Phi) is 4.62. The number of hydrogen-bond acceptors (Lipinski definition) is 3. The Morgan fingerprint density at radius 3 is 2.67 bits per heavy atom. The maximum atomic E-state index is 13.2. The molecule has 1 amide bonds. The number of amides is 1. The number of nitrogens with one attached hydrogen (secondary N) is 1. The summed E-state index contributed by atoms with van der Waals surface area (Å²) in [5.41, 5.74) is 4.14. The van der Waals surface area contributed by atoms with E-state index in [2.05, 4.69) is 5.32 Å². The summed E-state index contributed by atoms with van der Waals surface area (Å²) in [7, 11) is 0. The molecule has 0 spiro atoms. The normalized spacial score (nSPS) is 12.9. The number of rotatable bonds is 3. The van der Waals surface area contributed by atoms with Gasteiger partial charge >= 0.3 is 0 Å². The van der Waals surface area contributed by atoms with Crippen LogP contribution in [-0.4, -0.2) is 16.7 Å². The van der Waals surface area contributed by atoms with Gasteiger partial charge in [-0.2, -0.15) is 0 Å². The molecule has 2 aromatic carbocycles. The second-order valence-corrected chi connectivity index (χ2v) is 7.48. The third kappa shape index (κ3) is 3.31. The van der Waals surface area contributed by atoms with Gasteiger partial charge in [-0.15, -0.1) is 0 Å². The topological polar surface area (TPSA) is 59.1 Å². The maximum Gasteiger partial charge on any atom is 0.256 e. The molecule has 0 radical (unpaired) electrons. The van der Waals surface area contributed by atoms with Crippen molar-refractivity contribution in [2.45, 2.75) is 26.2 Å². The highest BCUT2D eigenvalue weighted by Gasteiger charge is 2.24. The lowest BCUT2D eigenvalue weighted by Crippen LogP contribution is -2.16. The van der Waals surface area contributed by atoms with Crippen LogP contribution in [-0.2, 0) is 12.8 Å². The minimum atomic E-state index is -0.273. The van der Waals surface area contributed by atoms with E-state index in [1.165, 1.54) is 6.92 Å². The molecule has 0 saturated heterocycles. The molecule has 0 aliphatic heterocycles. The van der Waals surface area contributed by atoms with Crippen LogP contribution in [0.3, 0.4) is 0 Å². The molecule has 1 heterocycles. The maximum absolute atomic E-state index is 13.2. The van der Waals surface area contributed by atoms with Crippen molar-refractivity contribution in [3.63, 3.8) is 0 Å². The Balaban J connectivity index is 1.83. The average molecular weight is 399 g/mol. The largest absolute Gasteiger partial charge is 0.321 e. The van der Waals surface area contributed by atoms with Crippen molar-refractivity contribution in [3.05, 3.63) is 68.8 Å². The van der Waals surface area contributed by atoms with Gasteiger partial charge < -0.3 is 5.32 Å². The number of halogens is 2. The van der Waals surface area contributed by atoms with Gasteiger partial charge in [0.1, 0.15) is 0 Å². The second kappa shape index (κ2) is 6.95. The van der Waals surface area contributed by atoms with Gasteiger partial charge in [0.05, 0.1) is 21.8 Å². The van der Waals surface area contributed by atoms with Gasteiger partial charge in [-0.05, 0) is 68.1 Å². The zero-order valence-electron chi connectivity index (χ0n) is 14.6. The first-order valence-electron chi connectivity index (χ1n) is 8.67. The van der Waals surface area contributed by atoms with E-state index >= 15 is 0 Å². The average Bonchev–Trinajstić information content (AvgIpc) is 3.09. The van der Waals surface area contributed by atoms with Crippen LogP contribution in [0.25, 0.3) is 10.9 Å². The van der Waals surface area contributed by atoms with Gasteiger partial charge in [-0.25, -0.2) is 0 Å². The van der Waals surface area contributed by atoms with Gasteiger partial charge in [0.2, 0.25) is 0 Å². The molecule has 1 aliphatic rings. The number of carbonyl (C=O) groups is 2. The predicted molar refractivity (Wildman–Crippen MR) is 108 cm³/mol. The fraction of sp³-hybridized carbons (Fsp3) is 0.190. The van der Waals surface area contributed by atoms with Gasteiger partial charge in [-0.1, -0.05) is 23.2 Å². The van der Waals surface area contributed by atoms with Crippen LogP contribution in [0.5, 0.6) is 0 Å². The number of aromatic nitrogens is 1. The van der Waals surface area contributed by atoms with E-state index in [9.17, 15) is 9.59 Å². The van der Waals surface area contributed by atoms with Crippen molar-refractivity contribution in [3.8, 4) is 0 Å². The Morgan fingerprint density at radius 1 is 1.07 bits per heavy atom. The molecule has 1 aromatic heterocycles. The molecule has 3 aromatic rings. The molecule has 0 fully saturated rings. The van der Waals surface area contributed by atoms with Crippen molar-refractivity contribution in [1.29, 1.82) is 0 Å². The fourth-order valence-electron chi connectivity index (χ4n) is 3.52. The van der Waals surface area contributed by atoms with Gasteiger partial charge in [-0.3, -0.25) is 14.6 Å². The first-order valence-corrected chi connectivity index (χ1v) is 9.42. The van der Waals surface area contributed by atoms with E-state index in [1.807, 2.05) is 6.07 Å². The summed E-state index contributed by atoms with van der Waals surface area (Å²) in [5, 5.41) is 4.52. The van der Waals surface area contributed by atoms with Crippen LogP contribution in [0, 0.1) is 0 Å². The number of hydrogen-bond donors (Lipinski definition) is 1.